The average molecular weight is 272 g/mol. The van der Waals surface area contributed by atoms with E-state index in [2.05, 4.69) is 5.32 Å². The Hall–Kier alpha value is -1.81. The molecule has 2 aromatic rings. The van der Waals surface area contributed by atoms with Crippen LogP contribution in [0.3, 0.4) is 0 Å². The molecule has 1 atom stereocenters. The van der Waals surface area contributed by atoms with E-state index in [0.29, 0.717) is 18.2 Å². The van der Waals surface area contributed by atoms with Crippen LogP contribution >= 0.6 is 0 Å². The lowest BCUT2D eigenvalue weighted by molar-refractivity contribution is 0.0535. The van der Waals surface area contributed by atoms with Crippen molar-refractivity contribution in [2.24, 2.45) is 13.0 Å². The molecule has 4 heteroatoms. The van der Waals surface area contributed by atoms with Crippen LogP contribution in [0.5, 0.6) is 0 Å². The summed E-state index contributed by atoms with van der Waals surface area (Å²) in [4.78, 5) is 12.3. The van der Waals surface area contributed by atoms with Crippen LogP contribution in [0.2, 0.25) is 0 Å². The molecule has 1 amide bonds. The first-order valence-corrected chi connectivity index (χ1v) is 7.16. The molecule has 20 heavy (non-hydrogen) atoms. The molecule has 1 saturated heterocycles. The largest absolute Gasteiger partial charge is 0.381 e. The normalized spacial score (nSPS) is 19.1. The van der Waals surface area contributed by atoms with Crippen molar-refractivity contribution in [2.45, 2.75) is 12.8 Å². The number of benzene rings is 1. The van der Waals surface area contributed by atoms with Crippen LogP contribution in [0.1, 0.15) is 23.3 Å². The Bertz CT molecular complexity index is 612. The third kappa shape index (κ3) is 2.56. The van der Waals surface area contributed by atoms with Gasteiger partial charge in [-0.1, -0.05) is 18.2 Å². The predicted molar refractivity (Wildman–Crippen MR) is 78.8 cm³/mol. The van der Waals surface area contributed by atoms with Gasteiger partial charge < -0.3 is 14.6 Å². The number of amides is 1. The molecule has 1 N–H and O–H groups in total. The summed E-state index contributed by atoms with van der Waals surface area (Å²) in [7, 11) is 1.93. The number of hydrogen-bond donors (Lipinski definition) is 1. The minimum Gasteiger partial charge on any atom is -0.381 e. The van der Waals surface area contributed by atoms with Gasteiger partial charge in [0.25, 0.3) is 5.91 Å². The molecule has 2 heterocycles. The number of carbonyl (C=O) groups excluding carboxylic acids is 1. The highest BCUT2D eigenvalue weighted by Gasteiger charge is 2.17. The number of aryl methyl sites for hydroxylation is 1. The van der Waals surface area contributed by atoms with E-state index in [1.54, 1.807) is 0 Å². The number of hydrogen-bond acceptors (Lipinski definition) is 2. The van der Waals surface area contributed by atoms with Gasteiger partial charge in [-0.2, -0.15) is 0 Å². The molecule has 0 radical (unpaired) electrons. The number of ether oxygens (including phenoxy) is 1. The van der Waals surface area contributed by atoms with Gasteiger partial charge in [0.05, 0.1) is 6.61 Å². The summed E-state index contributed by atoms with van der Waals surface area (Å²) < 4.78 is 7.38. The zero-order chi connectivity index (χ0) is 13.9. The summed E-state index contributed by atoms with van der Waals surface area (Å²) in [6, 6.07) is 9.98. The second-order valence-corrected chi connectivity index (χ2v) is 5.44. The smallest absolute Gasteiger partial charge is 0.267 e. The van der Waals surface area contributed by atoms with Crippen LogP contribution in [-0.4, -0.2) is 30.2 Å². The van der Waals surface area contributed by atoms with E-state index in [0.717, 1.165) is 37.0 Å². The maximum atomic E-state index is 12.3. The van der Waals surface area contributed by atoms with E-state index in [1.165, 1.54) is 0 Å². The zero-order valence-corrected chi connectivity index (χ0v) is 11.8. The lowest BCUT2D eigenvalue weighted by Gasteiger charge is -2.22. The highest BCUT2D eigenvalue weighted by Crippen LogP contribution is 2.18. The first-order valence-electron chi connectivity index (χ1n) is 7.16. The van der Waals surface area contributed by atoms with Crippen molar-refractivity contribution in [2.75, 3.05) is 19.8 Å². The van der Waals surface area contributed by atoms with Gasteiger partial charge in [0.15, 0.2) is 0 Å². The molecule has 106 valence electrons. The number of fused-ring (bicyclic) bond motifs is 1. The number of para-hydroxylation sites is 1. The van der Waals surface area contributed by atoms with E-state index >= 15 is 0 Å². The van der Waals surface area contributed by atoms with Crippen molar-refractivity contribution >= 4 is 16.8 Å². The van der Waals surface area contributed by atoms with Gasteiger partial charge in [-0.15, -0.1) is 0 Å². The third-order valence-corrected chi connectivity index (χ3v) is 3.99. The molecule has 0 aliphatic carbocycles. The van der Waals surface area contributed by atoms with Gasteiger partial charge in [0.1, 0.15) is 5.69 Å². The Morgan fingerprint density at radius 1 is 1.45 bits per heavy atom. The Kier molecular flexibility index (Phi) is 3.74. The van der Waals surface area contributed by atoms with Gasteiger partial charge in [0.2, 0.25) is 0 Å². The van der Waals surface area contributed by atoms with E-state index in [9.17, 15) is 4.79 Å². The topological polar surface area (TPSA) is 43.3 Å². The van der Waals surface area contributed by atoms with Crippen LogP contribution in [0.25, 0.3) is 10.9 Å². The Labute approximate surface area is 118 Å². The second-order valence-electron chi connectivity index (χ2n) is 5.44. The van der Waals surface area contributed by atoms with Gasteiger partial charge in [-0.3, -0.25) is 4.79 Å². The third-order valence-electron chi connectivity index (χ3n) is 3.99. The van der Waals surface area contributed by atoms with Crippen LogP contribution in [-0.2, 0) is 11.8 Å². The Morgan fingerprint density at radius 2 is 2.30 bits per heavy atom. The van der Waals surface area contributed by atoms with Crippen molar-refractivity contribution in [1.82, 2.24) is 9.88 Å². The predicted octanol–water partition coefficient (Wildman–Crippen LogP) is 2.33. The monoisotopic (exact) mass is 272 g/mol. The summed E-state index contributed by atoms with van der Waals surface area (Å²) in [6.07, 6.45) is 2.23. The molecule has 1 aromatic carbocycles. The number of rotatable bonds is 3. The van der Waals surface area contributed by atoms with Crippen LogP contribution in [0.4, 0.5) is 0 Å². The summed E-state index contributed by atoms with van der Waals surface area (Å²) in [5.74, 6) is 0.441. The molecule has 1 fully saturated rings. The number of carbonyl (C=O) groups is 1. The highest BCUT2D eigenvalue weighted by atomic mass is 16.5. The minimum absolute atomic E-state index is 0.00530. The van der Waals surface area contributed by atoms with Crippen LogP contribution < -0.4 is 5.32 Å². The maximum absolute atomic E-state index is 12.3. The molecule has 0 spiro atoms. The fraction of sp³-hybridized carbons (Fsp3) is 0.438. The van der Waals surface area contributed by atoms with E-state index in [4.69, 9.17) is 4.74 Å². The van der Waals surface area contributed by atoms with E-state index < -0.39 is 0 Å². The lowest BCUT2D eigenvalue weighted by atomic mass is 10.0. The Balaban J connectivity index is 1.70. The van der Waals surface area contributed by atoms with Crippen LogP contribution in [0, 0.1) is 5.92 Å². The standard InChI is InChI=1S/C16H20N2O2/c1-18-14-7-3-2-6-13(14)9-15(18)16(19)17-10-12-5-4-8-20-11-12/h2-3,6-7,9,12H,4-5,8,10-11H2,1H3,(H,17,19). The molecule has 0 saturated carbocycles. The highest BCUT2D eigenvalue weighted by molar-refractivity contribution is 5.98. The Morgan fingerprint density at radius 3 is 3.05 bits per heavy atom. The quantitative estimate of drug-likeness (QED) is 0.932. The fourth-order valence-corrected chi connectivity index (χ4v) is 2.80. The lowest BCUT2D eigenvalue weighted by Crippen LogP contribution is -2.34. The van der Waals surface area contributed by atoms with Gasteiger partial charge in [0, 0.05) is 31.1 Å². The molecule has 1 aromatic heterocycles. The number of nitrogens with zero attached hydrogens (tertiary/aromatic N) is 1. The van der Waals surface area contributed by atoms with Crippen LogP contribution in [0.15, 0.2) is 30.3 Å². The second kappa shape index (κ2) is 5.67. The summed E-state index contributed by atoms with van der Waals surface area (Å²) >= 11 is 0. The first-order chi connectivity index (χ1) is 9.75. The number of nitrogens with one attached hydrogen (secondary N) is 1. The molecule has 1 aliphatic rings. The molecule has 1 aliphatic heterocycles. The van der Waals surface area contributed by atoms with Crippen molar-refractivity contribution < 1.29 is 9.53 Å². The minimum atomic E-state index is -0.00530. The van der Waals surface area contributed by atoms with Gasteiger partial charge >= 0.3 is 0 Å². The molecule has 4 nitrogen and oxygen atoms in total. The van der Waals surface area contributed by atoms with E-state index in [1.807, 2.05) is 41.9 Å². The molecular weight excluding hydrogens is 252 g/mol. The van der Waals surface area contributed by atoms with Crippen molar-refractivity contribution in [3.8, 4) is 0 Å². The number of aromatic nitrogens is 1. The SMILES string of the molecule is Cn1c(C(=O)NCC2CCCOC2)cc2ccccc21. The molecule has 3 rings (SSSR count). The molecular formula is C16H20N2O2. The first kappa shape index (κ1) is 13.2. The zero-order valence-electron chi connectivity index (χ0n) is 11.8. The average Bonchev–Trinajstić information content (AvgIpc) is 2.84. The van der Waals surface area contributed by atoms with Gasteiger partial charge in [-0.05, 0) is 30.9 Å². The summed E-state index contributed by atoms with van der Waals surface area (Å²) in [5, 5.41) is 4.13. The van der Waals surface area contributed by atoms with Crippen molar-refractivity contribution in [1.29, 1.82) is 0 Å². The fourth-order valence-electron chi connectivity index (χ4n) is 2.80. The summed E-state index contributed by atoms with van der Waals surface area (Å²) in [5.41, 5.74) is 1.79. The molecule has 0 bridgehead atoms. The maximum Gasteiger partial charge on any atom is 0.267 e. The van der Waals surface area contributed by atoms with Gasteiger partial charge in [-0.25, -0.2) is 0 Å². The molecule has 1 unspecified atom stereocenters. The van der Waals surface area contributed by atoms with Crippen molar-refractivity contribution in [3.63, 3.8) is 0 Å². The van der Waals surface area contributed by atoms with E-state index in [-0.39, 0.29) is 5.91 Å². The summed E-state index contributed by atoms with van der Waals surface area (Å²) in [6.45, 7) is 2.31. The van der Waals surface area contributed by atoms with Crippen molar-refractivity contribution in [3.05, 3.63) is 36.0 Å².